The highest BCUT2D eigenvalue weighted by molar-refractivity contribution is 8.15. The molecule has 0 radical (unpaired) electrons. The van der Waals surface area contributed by atoms with E-state index in [0.29, 0.717) is 16.4 Å². The number of amidine groups is 1. The summed E-state index contributed by atoms with van der Waals surface area (Å²) in [6, 6.07) is 9.41. The minimum absolute atomic E-state index is 0.00312. The summed E-state index contributed by atoms with van der Waals surface area (Å²) >= 11 is 1.39. The molecule has 2 aromatic carbocycles. The van der Waals surface area contributed by atoms with Crippen molar-refractivity contribution in [1.82, 2.24) is 5.32 Å². The molecule has 4 rings (SSSR count). The number of nitrogens with one attached hydrogen (secondary N) is 2. The Kier molecular flexibility index (Phi) is 6.81. The number of carbonyl (C=O) groups is 1. The molecular weight excluding hydrogens is 491 g/mol. The Labute approximate surface area is 199 Å². The molecule has 0 saturated carbocycles. The van der Waals surface area contributed by atoms with Gasteiger partial charge in [0, 0.05) is 16.5 Å². The van der Waals surface area contributed by atoms with Crippen molar-refractivity contribution in [2.75, 3.05) is 30.0 Å². The van der Waals surface area contributed by atoms with Gasteiger partial charge in [0.25, 0.3) is 5.91 Å². The lowest BCUT2D eigenvalue weighted by molar-refractivity contribution is -0.137. The van der Waals surface area contributed by atoms with Crippen molar-refractivity contribution < 1.29 is 31.1 Å². The molecular formula is C22H22F3N3O4S2. The Balaban J connectivity index is 1.31. The topological polar surface area (TPSA) is 96.9 Å². The van der Waals surface area contributed by atoms with Crippen LogP contribution in [0.3, 0.4) is 0 Å². The largest absolute Gasteiger partial charge is 0.492 e. The number of alkyl halides is 3. The quantitative estimate of drug-likeness (QED) is 0.574. The third kappa shape index (κ3) is 5.84. The van der Waals surface area contributed by atoms with Crippen LogP contribution in [0, 0.1) is 6.92 Å². The van der Waals surface area contributed by atoms with E-state index in [0.717, 1.165) is 17.7 Å². The van der Waals surface area contributed by atoms with E-state index in [1.807, 2.05) is 6.92 Å². The third-order valence-electron chi connectivity index (χ3n) is 5.38. The van der Waals surface area contributed by atoms with E-state index in [1.165, 1.54) is 23.9 Å². The van der Waals surface area contributed by atoms with Gasteiger partial charge in [-0.05, 0) is 42.8 Å². The van der Waals surface area contributed by atoms with Crippen molar-refractivity contribution in [3.05, 3.63) is 59.2 Å². The number of sulfone groups is 1. The lowest BCUT2D eigenvalue weighted by atomic mass is 10.1. The van der Waals surface area contributed by atoms with Crippen molar-refractivity contribution in [2.45, 2.75) is 24.4 Å². The van der Waals surface area contributed by atoms with Crippen LogP contribution in [0.4, 0.5) is 18.9 Å². The molecule has 1 amide bonds. The molecule has 0 spiro atoms. The molecule has 1 fully saturated rings. The Bertz CT molecular complexity index is 1230. The van der Waals surface area contributed by atoms with Crippen molar-refractivity contribution in [3.63, 3.8) is 0 Å². The van der Waals surface area contributed by atoms with Crippen molar-refractivity contribution in [3.8, 4) is 5.75 Å². The average Bonchev–Trinajstić information content (AvgIpc) is 3.24. The molecule has 2 aliphatic heterocycles. The molecule has 12 heteroatoms. The van der Waals surface area contributed by atoms with Crippen LogP contribution in [0.25, 0.3) is 0 Å². The number of amides is 1. The maximum atomic E-state index is 12.8. The summed E-state index contributed by atoms with van der Waals surface area (Å²) in [5.41, 5.74) is 1.15. The fraction of sp³-hybridized carbons (Fsp3) is 0.364. The lowest BCUT2D eigenvalue weighted by Crippen LogP contribution is -2.28. The van der Waals surface area contributed by atoms with Gasteiger partial charge in [0.05, 0.1) is 29.7 Å². The summed E-state index contributed by atoms with van der Waals surface area (Å²) in [5.74, 6) is -0.126. The summed E-state index contributed by atoms with van der Waals surface area (Å²) < 4.78 is 67.1. The zero-order chi connectivity index (χ0) is 24.5. The second kappa shape index (κ2) is 9.49. The number of halogens is 3. The zero-order valence-corrected chi connectivity index (χ0v) is 19.7. The van der Waals surface area contributed by atoms with Crippen LogP contribution in [0.2, 0.25) is 0 Å². The van der Waals surface area contributed by atoms with Gasteiger partial charge in [-0.1, -0.05) is 23.9 Å². The maximum Gasteiger partial charge on any atom is 0.416 e. The number of hydrogen-bond acceptors (Lipinski definition) is 7. The van der Waals surface area contributed by atoms with Crippen LogP contribution < -0.4 is 15.4 Å². The Morgan fingerprint density at radius 2 is 2.00 bits per heavy atom. The van der Waals surface area contributed by atoms with Gasteiger partial charge >= 0.3 is 6.18 Å². The molecule has 0 unspecified atom stereocenters. The number of rotatable bonds is 6. The first kappa shape index (κ1) is 24.4. The van der Waals surface area contributed by atoms with E-state index in [9.17, 15) is 26.4 Å². The minimum atomic E-state index is -4.45. The summed E-state index contributed by atoms with van der Waals surface area (Å²) in [4.78, 5) is 17.0. The Morgan fingerprint density at radius 1 is 1.21 bits per heavy atom. The number of fused-ring (bicyclic) bond motifs is 1. The fourth-order valence-corrected chi connectivity index (χ4v) is 7.29. The monoisotopic (exact) mass is 513 g/mol. The van der Waals surface area contributed by atoms with Gasteiger partial charge < -0.3 is 15.4 Å². The van der Waals surface area contributed by atoms with E-state index in [1.54, 1.807) is 18.2 Å². The smallest absolute Gasteiger partial charge is 0.416 e. The summed E-state index contributed by atoms with van der Waals surface area (Å²) in [6.45, 7) is 1.98. The normalized spacial score (nSPS) is 21.0. The van der Waals surface area contributed by atoms with Gasteiger partial charge in [-0.3, -0.25) is 9.79 Å². The highest BCUT2D eigenvalue weighted by atomic mass is 32.2. The number of aliphatic imine (C=N–C) groups is 1. The molecule has 1 saturated heterocycles. The second-order valence-electron chi connectivity index (χ2n) is 8.02. The molecule has 182 valence electrons. The predicted molar refractivity (Wildman–Crippen MR) is 125 cm³/mol. The Morgan fingerprint density at radius 3 is 2.74 bits per heavy atom. The number of hydrogen-bond donors (Lipinski definition) is 2. The molecule has 7 nitrogen and oxygen atoms in total. The minimum Gasteiger partial charge on any atom is -0.492 e. The van der Waals surface area contributed by atoms with E-state index in [4.69, 9.17) is 4.74 Å². The van der Waals surface area contributed by atoms with E-state index < -0.39 is 21.6 Å². The SMILES string of the molecule is Cc1ccc(C(=O)NCCOc2cccc(C(F)(F)F)c2)cc1NC1=N[C@@H]2CS(=O)(=O)C[C@H]2S1. The Hall–Kier alpha value is -2.73. The molecule has 2 atom stereocenters. The van der Waals surface area contributed by atoms with Gasteiger partial charge in [-0.15, -0.1) is 0 Å². The van der Waals surface area contributed by atoms with Gasteiger partial charge in [0.1, 0.15) is 12.4 Å². The zero-order valence-electron chi connectivity index (χ0n) is 18.1. The first-order valence-corrected chi connectivity index (χ1v) is 13.1. The summed E-state index contributed by atoms with van der Waals surface area (Å²) in [5, 5.41) is 6.41. The molecule has 0 aliphatic carbocycles. The lowest BCUT2D eigenvalue weighted by Gasteiger charge is -2.13. The highest BCUT2D eigenvalue weighted by Crippen LogP contribution is 2.35. The van der Waals surface area contributed by atoms with Crippen LogP contribution in [0.15, 0.2) is 47.5 Å². The number of ether oxygens (including phenoxy) is 1. The number of aryl methyl sites for hydroxylation is 1. The van der Waals surface area contributed by atoms with Crippen LogP contribution >= 0.6 is 11.8 Å². The number of thioether (sulfide) groups is 1. The number of benzene rings is 2. The van der Waals surface area contributed by atoms with Crippen molar-refractivity contribution in [1.29, 1.82) is 0 Å². The average molecular weight is 514 g/mol. The first-order chi connectivity index (χ1) is 16.0. The van der Waals surface area contributed by atoms with Gasteiger partial charge in [0.2, 0.25) is 0 Å². The summed E-state index contributed by atoms with van der Waals surface area (Å²) in [7, 11) is -3.03. The first-order valence-electron chi connectivity index (χ1n) is 10.4. The molecule has 2 aliphatic rings. The fourth-order valence-electron chi connectivity index (χ4n) is 3.63. The highest BCUT2D eigenvalue weighted by Gasteiger charge is 2.42. The van der Waals surface area contributed by atoms with E-state index >= 15 is 0 Å². The molecule has 2 aromatic rings. The van der Waals surface area contributed by atoms with Gasteiger partial charge in [-0.2, -0.15) is 13.2 Å². The molecule has 0 bridgehead atoms. The van der Waals surface area contributed by atoms with Crippen molar-refractivity contribution >= 4 is 38.4 Å². The molecule has 2 heterocycles. The number of nitrogens with zero attached hydrogens (tertiary/aromatic N) is 1. The molecule has 2 N–H and O–H groups in total. The standard InChI is InChI=1S/C22H22F3N3O4S2/c1-13-5-6-14(9-17(13)27-21-28-18-11-34(30,31)12-19(18)33-21)20(29)26-7-8-32-16-4-2-3-15(10-16)22(23,24)25/h2-6,9-10,18-19H,7-8,11-12H2,1H3,(H,26,29)(H,27,28)/t18-,19-/m1/s1. The maximum absolute atomic E-state index is 12.8. The van der Waals surface area contributed by atoms with Crippen LogP contribution in [0.5, 0.6) is 5.75 Å². The number of anilines is 1. The van der Waals surface area contributed by atoms with E-state index in [2.05, 4.69) is 15.6 Å². The summed E-state index contributed by atoms with van der Waals surface area (Å²) in [6.07, 6.45) is -4.45. The van der Waals surface area contributed by atoms with Crippen molar-refractivity contribution in [2.24, 2.45) is 4.99 Å². The van der Waals surface area contributed by atoms with Crippen LogP contribution in [-0.4, -0.2) is 55.4 Å². The molecule has 0 aromatic heterocycles. The van der Waals surface area contributed by atoms with Crippen LogP contribution in [-0.2, 0) is 16.0 Å². The number of carbonyl (C=O) groups excluding carboxylic acids is 1. The van der Waals surface area contributed by atoms with E-state index in [-0.39, 0.29) is 47.6 Å². The van der Waals surface area contributed by atoms with Gasteiger partial charge in [0.15, 0.2) is 15.0 Å². The third-order valence-corrected chi connectivity index (χ3v) is 8.52. The second-order valence-corrected chi connectivity index (χ2v) is 11.4. The predicted octanol–water partition coefficient (Wildman–Crippen LogP) is 3.50. The van der Waals surface area contributed by atoms with Gasteiger partial charge in [-0.25, -0.2) is 8.42 Å². The molecule has 34 heavy (non-hydrogen) atoms. The van der Waals surface area contributed by atoms with Crippen LogP contribution in [0.1, 0.15) is 21.5 Å².